The van der Waals surface area contributed by atoms with Crippen molar-refractivity contribution in [3.8, 4) is 22.4 Å². The summed E-state index contributed by atoms with van der Waals surface area (Å²) < 4.78 is 23.5. The van der Waals surface area contributed by atoms with Gasteiger partial charge in [-0.2, -0.15) is 0 Å². The highest BCUT2D eigenvalue weighted by Gasteiger charge is 2.06. The zero-order chi connectivity index (χ0) is 17.3. The Labute approximate surface area is 130 Å². The highest BCUT2D eigenvalue weighted by molar-refractivity contribution is 5.74. The lowest BCUT2D eigenvalue weighted by molar-refractivity contribution is 1.22. The van der Waals surface area contributed by atoms with Gasteiger partial charge < -0.3 is 0 Å². The lowest BCUT2D eigenvalue weighted by Gasteiger charge is -2.10. The van der Waals surface area contributed by atoms with Gasteiger partial charge in [-0.25, -0.2) is 0 Å². The molecule has 3 rings (SSSR count). The standard InChI is InChI=1S/C20H19N/c1-14-9-10-18(20-11-15(2)16(3)13-21-20)12-19(14)17-7-5-4-6-8-17/h4-13H,1-3H3/i1D3. The third-order valence-corrected chi connectivity index (χ3v) is 3.77. The van der Waals surface area contributed by atoms with Crippen LogP contribution in [0.3, 0.4) is 0 Å². The average molecular weight is 276 g/mol. The Hall–Kier alpha value is -2.41. The fraction of sp³-hybridized carbons (Fsp3) is 0.150. The number of aromatic nitrogens is 1. The van der Waals surface area contributed by atoms with E-state index in [9.17, 15) is 0 Å². The van der Waals surface area contributed by atoms with Crippen LogP contribution in [-0.2, 0) is 0 Å². The van der Waals surface area contributed by atoms with Gasteiger partial charge in [0, 0.05) is 15.9 Å². The van der Waals surface area contributed by atoms with Crippen molar-refractivity contribution in [2.45, 2.75) is 20.7 Å². The summed E-state index contributed by atoms with van der Waals surface area (Å²) in [7, 11) is 0. The van der Waals surface area contributed by atoms with Gasteiger partial charge in [0.15, 0.2) is 0 Å². The van der Waals surface area contributed by atoms with Crippen LogP contribution >= 0.6 is 0 Å². The van der Waals surface area contributed by atoms with Gasteiger partial charge in [-0.3, -0.25) is 4.98 Å². The third-order valence-electron chi connectivity index (χ3n) is 3.77. The van der Waals surface area contributed by atoms with E-state index in [4.69, 9.17) is 4.11 Å². The second kappa shape index (κ2) is 5.53. The van der Waals surface area contributed by atoms with Gasteiger partial charge in [-0.15, -0.1) is 0 Å². The van der Waals surface area contributed by atoms with Crippen LogP contribution in [0.4, 0.5) is 0 Å². The molecule has 0 aliphatic heterocycles. The molecule has 0 aliphatic carbocycles. The predicted octanol–water partition coefficient (Wildman–Crippen LogP) is 5.34. The molecule has 1 heterocycles. The van der Waals surface area contributed by atoms with E-state index in [1.54, 1.807) is 6.07 Å². The van der Waals surface area contributed by atoms with Crippen molar-refractivity contribution in [1.29, 1.82) is 0 Å². The van der Waals surface area contributed by atoms with E-state index in [0.717, 1.165) is 27.9 Å². The maximum Gasteiger partial charge on any atom is 0.0705 e. The summed E-state index contributed by atoms with van der Waals surface area (Å²) in [5, 5.41) is 0. The Balaban J connectivity index is 2.19. The number of nitrogens with zero attached hydrogens (tertiary/aromatic N) is 1. The molecule has 21 heavy (non-hydrogen) atoms. The number of benzene rings is 2. The first-order valence-corrected chi connectivity index (χ1v) is 7.00. The molecule has 0 spiro atoms. The second-order valence-corrected chi connectivity index (χ2v) is 5.28. The van der Waals surface area contributed by atoms with E-state index in [1.165, 1.54) is 5.56 Å². The van der Waals surface area contributed by atoms with Gasteiger partial charge in [-0.05, 0) is 60.6 Å². The van der Waals surface area contributed by atoms with Crippen LogP contribution < -0.4 is 0 Å². The lowest BCUT2D eigenvalue weighted by atomic mass is 9.96. The second-order valence-electron chi connectivity index (χ2n) is 5.28. The first kappa shape index (κ1) is 10.3. The highest BCUT2D eigenvalue weighted by Crippen LogP contribution is 2.29. The van der Waals surface area contributed by atoms with Crippen LogP contribution in [0.25, 0.3) is 22.4 Å². The quantitative estimate of drug-likeness (QED) is 0.615. The molecule has 0 amide bonds. The molecule has 0 fully saturated rings. The van der Waals surface area contributed by atoms with Gasteiger partial charge in [0.2, 0.25) is 0 Å². The normalized spacial score (nSPS) is 13.3. The van der Waals surface area contributed by atoms with Crippen molar-refractivity contribution in [3.05, 3.63) is 77.5 Å². The van der Waals surface area contributed by atoms with E-state index in [-0.39, 0.29) is 0 Å². The van der Waals surface area contributed by atoms with Gasteiger partial charge in [-0.1, -0.05) is 42.5 Å². The molecule has 0 bridgehead atoms. The maximum atomic E-state index is 7.82. The Morgan fingerprint density at radius 3 is 2.33 bits per heavy atom. The van der Waals surface area contributed by atoms with Crippen molar-refractivity contribution in [2.24, 2.45) is 0 Å². The van der Waals surface area contributed by atoms with Crippen molar-refractivity contribution in [2.75, 3.05) is 0 Å². The van der Waals surface area contributed by atoms with Gasteiger partial charge >= 0.3 is 0 Å². The molecule has 0 saturated heterocycles. The predicted molar refractivity (Wildman–Crippen MR) is 89.3 cm³/mol. The van der Waals surface area contributed by atoms with Crippen molar-refractivity contribution in [1.82, 2.24) is 4.98 Å². The van der Waals surface area contributed by atoms with Crippen molar-refractivity contribution >= 4 is 0 Å². The maximum absolute atomic E-state index is 7.82. The van der Waals surface area contributed by atoms with E-state index in [0.29, 0.717) is 5.56 Å². The number of rotatable bonds is 2. The first-order valence-electron chi connectivity index (χ1n) is 8.50. The first-order chi connectivity index (χ1) is 11.4. The molecule has 0 unspecified atom stereocenters. The molecule has 2 aromatic carbocycles. The summed E-state index contributed by atoms with van der Waals surface area (Å²) in [5.41, 5.74) is 6.07. The van der Waals surface area contributed by atoms with Crippen LogP contribution in [0.15, 0.2) is 60.8 Å². The van der Waals surface area contributed by atoms with E-state index >= 15 is 0 Å². The molecule has 1 nitrogen and oxygen atoms in total. The Morgan fingerprint density at radius 1 is 0.810 bits per heavy atom. The Bertz CT molecular complexity index is 868. The Kier molecular flexibility index (Phi) is 2.72. The fourth-order valence-corrected chi connectivity index (χ4v) is 2.34. The van der Waals surface area contributed by atoms with Gasteiger partial charge in [0.05, 0.1) is 5.69 Å². The number of hydrogen-bond acceptors (Lipinski definition) is 1. The fourth-order valence-electron chi connectivity index (χ4n) is 2.34. The molecule has 0 saturated carbocycles. The topological polar surface area (TPSA) is 12.9 Å². The molecule has 1 aromatic heterocycles. The van der Waals surface area contributed by atoms with Crippen LogP contribution in [0, 0.1) is 20.7 Å². The van der Waals surface area contributed by atoms with Crippen LogP contribution in [-0.4, -0.2) is 4.98 Å². The molecule has 0 N–H and O–H groups in total. The summed E-state index contributed by atoms with van der Waals surface area (Å²) in [4.78, 5) is 4.50. The molecule has 104 valence electrons. The van der Waals surface area contributed by atoms with Gasteiger partial charge in [0.1, 0.15) is 0 Å². The summed E-state index contributed by atoms with van der Waals surface area (Å²) in [5.74, 6) is 0. The summed E-state index contributed by atoms with van der Waals surface area (Å²) in [6, 6.07) is 17.1. The van der Waals surface area contributed by atoms with Crippen molar-refractivity contribution in [3.63, 3.8) is 0 Å². The minimum absolute atomic E-state index is 0.362. The number of aryl methyl sites for hydroxylation is 3. The van der Waals surface area contributed by atoms with Crippen LogP contribution in [0.2, 0.25) is 0 Å². The summed E-state index contributed by atoms with van der Waals surface area (Å²) in [6.45, 7) is 1.93. The molecular weight excluding hydrogens is 254 g/mol. The molecule has 0 atom stereocenters. The molecule has 0 aliphatic rings. The smallest absolute Gasteiger partial charge is 0.0705 e. The van der Waals surface area contributed by atoms with E-state index < -0.39 is 6.85 Å². The minimum Gasteiger partial charge on any atom is -0.256 e. The van der Waals surface area contributed by atoms with Gasteiger partial charge in [0.25, 0.3) is 0 Å². The lowest BCUT2D eigenvalue weighted by Crippen LogP contribution is -1.90. The molecule has 1 heteroatoms. The monoisotopic (exact) mass is 276 g/mol. The van der Waals surface area contributed by atoms with Crippen LogP contribution in [0.1, 0.15) is 20.8 Å². The third kappa shape index (κ3) is 2.73. The SMILES string of the molecule is [2H]C([2H])([2H])c1ccc(-c2cc(C)c(C)cn2)cc1-c1ccccc1. The largest absolute Gasteiger partial charge is 0.256 e. The Morgan fingerprint density at radius 2 is 1.62 bits per heavy atom. The number of hydrogen-bond donors (Lipinski definition) is 0. The van der Waals surface area contributed by atoms with E-state index in [2.05, 4.69) is 11.9 Å². The highest BCUT2D eigenvalue weighted by atomic mass is 14.7. The minimum atomic E-state index is -2.15. The summed E-state index contributed by atoms with van der Waals surface area (Å²) in [6.07, 6.45) is 1.85. The molecular formula is C20H19N. The molecule has 3 aromatic rings. The number of pyridine rings is 1. The zero-order valence-corrected chi connectivity index (χ0v) is 12.2. The summed E-state index contributed by atoms with van der Waals surface area (Å²) >= 11 is 0. The zero-order valence-electron chi connectivity index (χ0n) is 15.2. The van der Waals surface area contributed by atoms with E-state index in [1.807, 2.05) is 61.7 Å². The average Bonchev–Trinajstić information content (AvgIpc) is 2.57. The van der Waals surface area contributed by atoms with Crippen LogP contribution in [0.5, 0.6) is 0 Å². The molecule has 0 radical (unpaired) electrons. The van der Waals surface area contributed by atoms with Crippen molar-refractivity contribution < 1.29 is 4.11 Å².